The summed E-state index contributed by atoms with van der Waals surface area (Å²) in [6, 6.07) is 18.7. The number of aliphatic hydroxyl groups excluding tert-OH is 1. The number of hydrogen-bond donors (Lipinski definition) is 2. The summed E-state index contributed by atoms with van der Waals surface area (Å²) in [5.41, 5.74) is 9.86. The van der Waals surface area contributed by atoms with E-state index in [1.54, 1.807) is 24.8 Å². The second-order valence-electron chi connectivity index (χ2n) is 20.7. The number of anilines is 2. The van der Waals surface area contributed by atoms with E-state index in [9.17, 15) is 46.6 Å². The fourth-order valence-corrected chi connectivity index (χ4v) is 10.8. The third-order valence-electron chi connectivity index (χ3n) is 15.1. The fraction of sp³-hybridized carbons (Fsp3) is 0.446. The number of hydrogen-bond acceptors (Lipinski definition) is 15. The lowest BCUT2D eigenvalue weighted by Gasteiger charge is -2.42. The van der Waals surface area contributed by atoms with E-state index in [0.717, 1.165) is 61.4 Å². The van der Waals surface area contributed by atoms with Crippen molar-refractivity contribution in [3.63, 3.8) is 0 Å². The monoisotopic (exact) mass is 1190 g/mol. The largest absolute Gasteiger partial charge is 0.445 e. The number of ether oxygens (including phenoxy) is 1. The van der Waals surface area contributed by atoms with Crippen LogP contribution in [0.15, 0.2) is 90.4 Å². The van der Waals surface area contributed by atoms with E-state index in [2.05, 4.69) is 45.2 Å². The molecular weight excluding hydrogens is 1140 g/mol. The van der Waals surface area contributed by atoms with Crippen LogP contribution in [0.3, 0.4) is 0 Å². The summed E-state index contributed by atoms with van der Waals surface area (Å²) < 4.78 is 56.9. The zero-order valence-electron chi connectivity index (χ0n) is 44.7. The van der Waals surface area contributed by atoms with Gasteiger partial charge in [0.2, 0.25) is 29.7 Å². The van der Waals surface area contributed by atoms with Crippen LogP contribution in [0.2, 0.25) is 0 Å². The van der Waals surface area contributed by atoms with Crippen molar-refractivity contribution in [2.75, 3.05) is 49.1 Å². The summed E-state index contributed by atoms with van der Waals surface area (Å²) in [6.45, 7) is 7.33. The molecule has 4 aliphatic rings. The third-order valence-corrected chi connectivity index (χ3v) is 15.6. The van der Waals surface area contributed by atoms with E-state index < -0.39 is 27.6 Å². The van der Waals surface area contributed by atoms with E-state index in [1.165, 1.54) is 0 Å². The number of amides is 4. The van der Waals surface area contributed by atoms with Gasteiger partial charge in [-0.3, -0.25) is 24.4 Å². The van der Waals surface area contributed by atoms with Gasteiger partial charge in [-0.05, 0) is 62.8 Å². The minimum Gasteiger partial charge on any atom is -0.445 e. The fourth-order valence-electron chi connectivity index (χ4n) is 10.6. The molecule has 0 spiro atoms. The number of nitrogens with two attached hydrogens (primary N) is 1. The molecule has 4 fully saturated rings. The van der Waals surface area contributed by atoms with Gasteiger partial charge in [0, 0.05) is 146 Å². The Morgan fingerprint density at radius 3 is 1.43 bits per heavy atom. The molecule has 3 N–H and O–H groups in total. The molecule has 0 unspecified atom stereocenters. The Kier molecular flexibility index (Phi) is 19.6. The average molecular weight is 1190 g/mol. The van der Waals surface area contributed by atoms with Crippen LogP contribution in [0.4, 0.5) is 34.0 Å². The maximum absolute atomic E-state index is 13.6. The summed E-state index contributed by atoms with van der Waals surface area (Å²) in [5, 5.41) is 31.1. The molecule has 6 heterocycles. The van der Waals surface area contributed by atoms with Crippen molar-refractivity contribution >= 4 is 97.9 Å². The quantitative estimate of drug-likeness (QED) is 0.0593. The number of benzene rings is 2. The molecule has 4 aromatic heterocycles. The van der Waals surface area contributed by atoms with Crippen LogP contribution in [-0.2, 0) is 37.1 Å². The molecule has 26 heteroatoms. The van der Waals surface area contributed by atoms with Crippen LogP contribution in [-0.4, -0.2) is 142 Å². The number of rotatable bonds is 9. The van der Waals surface area contributed by atoms with Gasteiger partial charge in [0.1, 0.15) is 18.0 Å². The summed E-state index contributed by atoms with van der Waals surface area (Å²) in [6.07, 6.45) is 7.23. The Hall–Kier alpha value is -7.17. The topological polar surface area (TPSA) is 243 Å². The number of aliphatic hydroxyl groups is 1. The highest BCUT2D eigenvalue weighted by atomic mass is 35.6. The van der Waals surface area contributed by atoms with Gasteiger partial charge in [0.15, 0.2) is 11.6 Å². The molecule has 10 rings (SSSR count). The Labute approximate surface area is 484 Å². The second kappa shape index (κ2) is 26.4. The molecule has 2 saturated carbocycles. The predicted octanol–water partition coefficient (Wildman–Crippen LogP) is 9.42. The van der Waals surface area contributed by atoms with Gasteiger partial charge in [-0.2, -0.15) is 0 Å². The number of nitrogens with zero attached hydrogens (tertiary/aromatic N) is 11. The molecule has 6 aromatic rings. The van der Waals surface area contributed by atoms with Gasteiger partial charge in [-0.15, -0.1) is 25.4 Å². The van der Waals surface area contributed by atoms with Gasteiger partial charge in [-0.1, -0.05) is 83.3 Å². The van der Waals surface area contributed by atoms with Crippen LogP contribution in [0.5, 0.6) is 0 Å². The standard InChI is InChI=1S/C27H30F2N6O3.C26H29F2N5O2.C3Cl3NO2/c1-17-15-34(12-13-35(17)25(36)20-6-9-27(28,29)10-7-20)24-22-14-31-11-8-21(22)23(32-33-24)19-4-2-18(3-5-19)16-38-26(30)37;1-17-15-32(12-13-33(17)25(35)20-6-9-26(27,28)10-7-20)24-22-14-29-11-8-21(22)23(30-31-24)19-4-2-18(16-34)3-5-19;4-3(5,6)2(9)7-1-8/h2-5,8,11,14,17,20H,6-7,9-10,12-13,15-16H2,1H3,(H2,30,37);2-5,8,11,14,17,20,34H,6-7,9-10,12-13,15-16H2,1H3;/t2*17-;/m00./s1. The Bertz CT molecular complexity index is 3300. The molecule has 4 amide bonds. The minimum absolute atomic E-state index is 0.00747. The number of alkyl halides is 7. The molecule has 2 aromatic carbocycles. The van der Waals surface area contributed by atoms with Crippen molar-refractivity contribution < 1.29 is 51.4 Å². The van der Waals surface area contributed by atoms with E-state index in [4.69, 9.17) is 45.3 Å². The number of fused-ring (bicyclic) bond motifs is 2. The molecule has 19 nitrogen and oxygen atoms in total. The zero-order valence-corrected chi connectivity index (χ0v) is 47.0. The first-order valence-electron chi connectivity index (χ1n) is 26.5. The Morgan fingerprint density at radius 2 is 1.07 bits per heavy atom. The number of primary amides is 1. The van der Waals surface area contributed by atoms with Crippen LogP contribution in [0.25, 0.3) is 44.1 Å². The predicted molar refractivity (Wildman–Crippen MR) is 300 cm³/mol. The lowest BCUT2D eigenvalue weighted by Crippen LogP contribution is -2.56. The van der Waals surface area contributed by atoms with Gasteiger partial charge >= 0.3 is 12.0 Å². The van der Waals surface area contributed by atoms with Crippen LogP contribution in [0.1, 0.15) is 76.3 Å². The first-order valence-corrected chi connectivity index (χ1v) is 27.7. The van der Waals surface area contributed by atoms with Crippen molar-refractivity contribution in [1.29, 1.82) is 0 Å². The summed E-state index contributed by atoms with van der Waals surface area (Å²) >= 11 is 14.9. The maximum Gasteiger partial charge on any atom is 0.404 e. The first-order chi connectivity index (χ1) is 39.1. The number of halogens is 7. The molecule has 0 radical (unpaired) electrons. The normalized spacial score (nSPS) is 19.2. The molecule has 0 bridgehead atoms. The van der Waals surface area contributed by atoms with Crippen LogP contribution < -0.4 is 15.5 Å². The van der Waals surface area contributed by atoms with E-state index in [-0.39, 0.29) is 100 Å². The van der Waals surface area contributed by atoms with E-state index >= 15 is 0 Å². The molecular formula is C56H59Cl3F4N12O7. The number of pyridine rings is 2. The van der Waals surface area contributed by atoms with Gasteiger partial charge < -0.3 is 35.2 Å². The molecule has 2 aliphatic carbocycles. The van der Waals surface area contributed by atoms with Crippen molar-refractivity contribution in [1.82, 2.24) is 40.2 Å². The average Bonchev–Trinajstić information content (AvgIpc) is 3.59. The summed E-state index contributed by atoms with van der Waals surface area (Å²) in [4.78, 5) is 75.8. The molecule has 2 aliphatic heterocycles. The number of aromatic nitrogens is 6. The highest BCUT2D eigenvalue weighted by molar-refractivity contribution is 6.76. The number of carbonyl (C=O) groups excluding carboxylic acids is 5. The minimum atomic E-state index is -2.65. The molecule has 434 valence electrons. The van der Waals surface area contributed by atoms with E-state index in [0.29, 0.717) is 50.8 Å². The lowest BCUT2D eigenvalue weighted by molar-refractivity contribution is -0.143. The Morgan fingerprint density at radius 1 is 0.659 bits per heavy atom. The third kappa shape index (κ3) is 14.9. The zero-order chi connectivity index (χ0) is 58.9. The van der Waals surface area contributed by atoms with Gasteiger partial charge in [0.25, 0.3) is 3.79 Å². The smallest absolute Gasteiger partial charge is 0.404 e. The number of isocyanates is 1. The molecule has 2 atom stereocenters. The van der Waals surface area contributed by atoms with Gasteiger partial charge in [0.05, 0.1) is 6.61 Å². The molecule has 2 saturated heterocycles. The highest BCUT2D eigenvalue weighted by Gasteiger charge is 2.42. The van der Waals surface area contributed by atoms with Crippen LogP contribution in [0, 0.1) is 11.8 Å². The van der Waals surface area contributed by atoms with Gasteiger partial charge in [-0.25, -0.2) is 27.2 Å². The number of piperazine rings is 2. The van der Waals surface area contributed by atoms with Crippen molar-refractivity contribution in [3.8, 4) is 22.5 Å². The number of aliphatic imine (C=N–C) groups is 1. The van der Waals surface area contributed by atoms with Crippen molar-refractivity contribution in [2.45, 2.75) is 106 Å². The number of carbonyl (C=O) groups is 4. The maximum atomic E-state index is 13.6. The Balaban J connectivity index is 0.000000187. The van der Waals surface area contributed by atoms with Crippen LogP contribution >= 0.6 is 34.8 Å². The summed E-state index contributed by atoms with van der Waals surface area (Å²) in [7, 11) is 0. The first kappa shape index (κ1) is 60.9. The van der Waals surface area contributed by atoms with Crippen molar-refractivity contribution in [2.24, 2.45) is 22.6 Å². The van der Waals surface area contributed by atoms with Crippen molar-refractivity contribution in [3.05, 3.63) is 96.6 Å². The highest BCUT2D eigenvalue weighted by Crippen LogP contribution is 2.40. The van der Waals surface area contributed by atoms with E-state index in [1.807, 2.05) is 84.3 Å². The SMILES string of the molecule is C[C@H]1CN(c2nnc(-c3ccc(CO)cc3)c3ccncc23)CCN1C(=O)C1CCC(F)(F)CC1.C[C@H]1CN(c2nnc(-c3ccc(COC(N)=O)cc3)c3ccncc23)CCN1C(=O)C1CCC(F)(F)CC1.O=C=NC(=O)C(Cl)(Cl)Cl. The second-order valence-corrected chi connectivity index (χ2v) is 22.9. The molecule has 82 heavy (non-hydrogen) atoms. The lowest BCUT2D eigenvalue weighted by atomic mass is 9.85. The summed E-state index contributed by atoms with van der Waals surface area (Å²) in [5.74, 6) is -5.68.